The molecule has 1 aromatic carbocycles. The molecule has 1 N–H and O–H groups in total. The minimum Gasteiger partial charge on any atom is -0.305 e. The third kappa shape index (κ3) is 3.11. The van der Waals surface area contributed by atoms with Crippen molar-refractivity contribution in [3.8, 4) is 0 Å². The standard InChI is InChI=1S/C21H22FN7O/c1-12-15-5-4-13(6-17(15)28(3)26-12)21(30)25-19-11-29-10-16(24-20(29)8-23-19)18-7-14(22)9-27(18)2/h4-6,8,10-11,14,18H,7,9H2,1-3H3,(H,25,30)/t14-,18+/m0/s1. The molecule has 4 heterocycles. The first-order valence-corrected chi connectivity index (χ1v) is 9.82. The molecule has 1 aliphatic heterocycles. The number of hydrogen-bond donors (Lipinski definition) is 1. The predicted octanol–water partition coefficient (Wildman–Crippen LogP) is 2.89. The fourth-order valence-electron chi connectivity index (χ4n) is 4.19. The highest BCUT2D eigenvalue weighted by Crippen LogP contribution is 2.31. The van der Waals surface area contributed by atoms with Crippen molar-refractivity contribution in [1.29, 1.82) is 0 Å². The highest BCUT2D eigenvalue weighted by molar-refractivity contribution is 6.05. The number of nitrogens with zero attached hydrogens (tertiary/aromatic N) is 6. The Hall–Kier alpha value is -3.33. The zero-order valence-corrected chi connectivity index (χ0v) is 17.0. The summed E-state index contributed by atoms with van der Waals surface area (Å²) < 4.78 is 17.3. The Morgan fingerprint density at radius 2 is 2.10 bits per heavy atom. The molecule has 8 nitrogen and oxygen atoms in total. The Balaban J connectivity index is 1.40. The molecule has 4 aromatic rings. The molecule has 0 bridgehead atoms. The molecular weight excluding hydrogens is 385 g/mol. The van der Waals surface area contributed by atoms with Crippen LogP contribution in [-0.4, -0.2) is 54.7 Å². The van der Waals surface area contributed by atoms with Gasteiger partial charge >= 0.3 is 0 Å². The summed E-state index contributed by atoms with van der Waals surface area (Å²) in [5, 5.41) is 8.25. The Kier molecular flexibility index (Phi) is 4.28. The molecule has 0 spiro atoms. The van der Waals surface area contributed by atoms with Gasteiger partial charge in [0.1, 0.15) is 12.0 Å². The van der Waals surface area contributed by atoms with Crippen LogP contribution in [0.25, 0.3) is 16.6 Å². The van der Waals surface area contributed by atoms with E-state index in [-0.39, 0.29) is 11.9 Å². The van der Waals surface area contributed by atoms with Gasteiger partial charge in [-0.15, -0.1) is 0 Å². The molecule has 0 saturated carbocycles. The van der Waals surface area contributed by atoms with Crippen molar-refractivity contribution in [2.45, 2.75) is 25.6 Å². The van der Waals surface area contributed by atoms with Crippen molar-refractivity contribution in [3.05, 3.63) is 53.7 Å². The molecule has 0 unspecified atom stereocenters. The lowest BCUT2D eigenvalue weighted by Crippen LogP contribution is -2.18. The predicted molar refractivity (Wildman–Crippen MR) is 111 cm³/mol. The number of imidazole rings is 1. The highest BCUT2D eigenvalue weighted by Gasteiger charge is 2.32. The highest BCUT2D eigenvalue weighted by atomic mass is 19.1. The van der Waals surface area contributed by atoms with Crippen LogP contribution in [0.4, 0.5) is 10.2 Å². The van der Waals surface area contributed by atoms with Crippen LogP contribution in [0.15, 0.2) is 36.8 Å². The third-order valence-electron chi connectivity index (χ3n) is 5.74. The van der Waals surface area contributed by atoms with Crippen LogP contribution in [0.5, 0.6) is 0 Å². The second kappa shape index (κ2) is 6.88. The number of benzene rings is 1. The Labute approximate surface area is 172 Å². The van der Waals surface area contributed by atoms with Crippen LogP contribution in [0.3, 0.4) is 0 Å². The maximum atomic E-state index is 13.7. The van der Waals surface area contributed by atoms with Crippen LogP contribution < -0.4 is 5.32 Å². The van der Waals surface area contributed by atoms with Crippen molar-refractivity contribution in [2.24, 2.45) is 7.05 Å². The molecule has 9 heteroatoms. The number of anilines is 1. The Bertz CT molecular complexity index is 1280. The maximum absolute atomic E-state index is 13.7. The number of carbonyl (C=O) groups excluding carboxylic acids is 1. The molecule has 5 rings (SSSR count). The molecule has 154 valence electrons. The van der Waals surface area contributed by atoms with Gasteiger partial charge in [0.25, 0.3) is 5.91 Å². The van der Waals surface area contributed by atoms with Gasteiger partial charge in [-0.2, -0.15) is 5.10 Å². The molecule has 1 amide bonds. The van der Waals surface area contributed by atoms with Gasteiger partial charge in [-0.05, 0) is 26.1 Å². The lowest BCUT2D eigenvalue weighted by Gasteiger charge is -2.15. The first-order chi connectivity index (χ1) is 14.4. The quantitative estimate of drug-likeness (QED) is 0.565. The second-order valence-corrected chi connectivity index (χ2v) is 7.89. The number of rotatable bonds is 3. The molecule has 3 aromatic heterocycles. The number of amides is 1. The fraction of sp³-hybridized carbons (Fsp3) is 0.333. The SMILES string of the molecule is Cc1nn(C)c2cc(C(=O)Nc3cn4cc([C@H]5C[C@H](F)CN5C)nc4cn3)ccc12. The van der Waals surface area contributed by atoms with E-state index < -0.39 is 6.17 Å². The normalized spacial score (nSPS) is 19.7. The van der Waals surface area contributed by atoms with E-state index in [1.165, 1.54) is 0 Å². The Morgan fingerprint density at radius 3 is 2.87 bits per heavy atom. The average Bonchev–Trinajstić information content (AvgIpc) is 3.36. The second-order valence-electron chi connectivity index (χ2n) is 7.89. The minimum absolute atomic E-state index is 0.0491. The number of aryl methyl sites for hydroxylation is 2. The van der Waals surface area contributed by atoms with Gasteiger partial charge in [-0.1, -0.05) is 6.07 Å². The van der Waals surface area contributed by atoms with Gasteiger partial charge in [0.15, 0.2) is 5.65 Å². The number of aromatic nitrogens is 5. The largest absolute Gasteiger partial charge is 0.305 e. The molecule has 1 aliphatic rings. The minimum atomic E-state index is -0.835. The van der Waals surface area contributed by atoms with Crippen molar-refractivity contribution in [3.63, 3.8) is 0 Å². The number of hydrogen-bond acceptors (Lipinski definition) is 5. The average molecular weight is 407 g/mol. The van der Waals surface area contributed by atoms with E-state index in [4.69, 9.17) is 0 Å². The molecular formula is C21H22FN7O. The molecule has 0 radical (unpaired) electrons. The number of fused-ring (bicyclic) bond motifs is 2. The zero-order chi connectivity index (χ0) is 21.0. The van der Waals surface area contributed by atoms with Crippen molar-refractivity contribution in [2.75, 3.05) is 18.9 Å². The van der Waals surface area contributed by atoms with E-state index in [0.29, 0.717) is 30.0 Å². The number of halogens is 1. The lowest BCUT2D eigenvalue weighted by molar-refractivity contribution is 0.102. The van der Waals surface area contributed by atoms with Crippen molar-refractivity contribution in [1.82, 2.24) is 29.0 Å². The maximum Gasteiger partial charge on any atom is 0.256 e. The summed E-state index contributed by atoms with van der Waals surface area (Å²) in [7, 11) is 3.76. The summed E-state index contributed by atoms with van der Waals surface area (Å²) in [4.78, 5) is 23.6. The van der Waals surface area contributed by atoms with Gasteiger partial charge in [0.05, 0.1) is 35.3 Å². The molecule has 2 atom stereocenters. The molecule has 1 saturated heterocycles. The van der Waals surface area contributed by atoms with E-state index in [1.807, 2.05) is 48.6 Å². The van der Waals surface area contributed by atoms with Crippen LogP contribution in [-0.2, 0) is 7.05 Å². The van der Waals surface area contributed by atoms with E-state index in [1.54, 1.807) is 23.1 Å². The summed E-state index contributed by atoms with van der Waals surface area (Å²) in [6.07, 6.45) is 4.80. The molecule has 1 fully saturated rings. The Morgan fingerprint density at radius 1 is 1.27 bits per heavy atom. The fourth-order valence-corrected chi connectivity index (χ4v) is 4.19. The number of nitrogens with one attached hydrogen (secondary N) is 1. The van der Waals surface area contributed by atoms with Crippen molar-refractivity contribution >= 4 is 28.3 Å². The van der Waals surface area contributed by atoms with Crippen LogP contribution >= 0.6 is 0 Å². The summed E-state index contributed by atoms with van der Waals surface area (Å²) in [6, 6.07) is 5.46. The first-order valence-electron chi connectivity index (χ1n) is 9.82. The van der Waals surface area contributed by atoms with E-state index in [9.17, 15) is 9.18 Å². The van der Waals surface area contributed by atoms with Crippen LogP contribution in [0.2, 0.25) is 0 Å². The third-order valence-corrected chi connectivity index (χ3v) is 5.74. The first kappa shape index (κ1) is 18.7. The molecule has 0 aliphatic carbocycles. The zero-order valence-electron chi connectivity index (χ0n) is 17.0. The summed E-state index contributed by atoms with van der Waals surface area (Å²) in [5.74, 6) is 0.166. The van der Waals surface area contributed by atoms with Gasteiger partial charge in [0.2, 0.25) is 0 Å². The van der Waals surface area contributed by atoms with Crippen LogP contribution in [0, 0.1) is 6.92 Å². The van der Waals surface area contributed by atoms with Gasteiger partial charge in [0, 0.05) is 37.2 Å². The number of alkyl halides is 1. The monoisotopic (exact) mass is 407 g/mol. The van der Waals surface area contributed by atoms with Gasteiger partial charge in [-0.25, -0.2) is 14.4 Å². The van der Waals surface area contributed by atoms with Gasteiger partial charge < -0.3 is 9.72 Å². The summed E-state index contributed by atoms with van der Waals surface area (Å²) >= 11 is 0. The van der Waals surface area contributed by atoms with Gasteiger partial charge in [-0.3, -0.25) is 14.4 Å². The summed E-state index contributed by atoms with van der Waals surface area (Å²) in [6.45, 7) is 2.36. The smallest absolute Gasteiger partial charge is 0.256 e. The summed E-state index contributed by atoms with van der Waals surface area (Å²) in [5.41, 5.74) is 3.81. The van der Waals surface area contributed by atoms with E-state index in [2.05, 4.69) is 20.4 Å². The molecule has 30 heavy (non-hydrogen) atoms. The topological polar surface area (TPSA) is 80.4 Å². The van der Waals surface area contributed by atoms with E-state index >= 15 is 0 Å². The van der Waals surface area contributed by atoms with Crippen molar-refractivity contribution < 1.29 is 9.18 Å². The lowest BCUT2D eigenvalue weighted by atomic mass is 10.1. The number of carbonyl (C=O) groups is 1. The van der Waals surface area contributed by atoms with Crippen LogP contribution in [0.1, 0.15) is 34.2 Å². The number of likely N-dealkylation sites (tertiary alicyclic amines) is 1. The van der Waals surface area contributed by atoms with E-state index in [0.717, 1.165) is 22.3 Å².